The molecule has 0 aliphatic carbocycles. The van der Waals surface area contributed by atoms with E-state index in [0.29, 0.717) is 16.9 Å². The van der Waals surface area contributed by atoms with Gasteiger partial charge in [0.15, 0.2) is 0 Å². The maximum atomic E-state index is 10.6. The van der Waals surface area contributed by atoms with Crippen LogP contribution in [0.3, 0.4) is 0 Å². The summed E-state index contributed by atoms with van der Waals surface area (Å²) in [6.07, 6.45) is 0.958. The molecule has 1 aromatic rings. The van der Waals surface area contributed by atoms with Crippen LogP contribution in [0.25, 0.3) is 0 Å². The number of benzene rings is 1. The fourth-order valence-electron chi connectivity index (χ4n) is 1.74. The summed E-state index contributed by atoms with van der Waals surface area (Å²) in [6, 6.07) is 4.84. The number of nitro groups is 1. The largest absolute Gasteiger partial charge is 0.380 e. The topological polar surface area (TPSA) is 81.2 Å². The number of nitro benzene ring substituents is 1. The fourth-order valence-corrected chi connectivity index (χ4v) is 2.22. The summed E-state index contributed by atoms with van der Waals surface area (Å²) in [4.78, 5) is 10.2. The molecule has 0 spiro atoms. The van der Waals surface area contributed by atoms with Crippen LogP contribution in [-0.4, -0.2) is 17.5 Å². The maximum Gasteiger partial charge on any atom is 0.270 e. The highest BCUT2D eigenvalue weighted by Crippen LogP contribution is 2.28. The summed E-state index contributed by atoms with van der Waals surface area (Å²) in [5.41, 5.74) is 6.61. The van der Waals surface area contributed by atoms with Crippen molar-refractivity contribution in [2.45, 2.75) is 26.3 Å². The smallest absolute Gasteiger partial charge is 0.270 e. The fraction of sp³-hybridized carbons (Fsp3) is 0.500. The summed E-state index contributed by atoms with van der Waals surface area (Å²) >= 11 is 3.33. The van der Waals surface area contributed by atoms with Crippen LogP contribution >= 0.6 is 15.9 Å². The molecule has 0 aliphatic heterocycles. The predicted octanol–water partition coefficient (Wildman–Crippen LogP) is 3.14. The Hall–Kier alpha value is -1.14. The van der Waals surface area contributed by atoms with Crippen molar-refractivity contribution < 1.29 is 4.92 Å². The second-order valence-corrected chi connectivity index (χ2v) is 5.48. The highest BCUT2D eigenvalue weighted by molar-refractivity contribution is 9.10. The Balaban J connectivity index is 2.80. The minimum absolute atomic E-state index is 0.0700. The van der Waals surface area contributed by atoms with Gasteiger partial charge in [0.25, 0.3) is 5.69 Å². The lowest BCUT2D eigenvalue weighted by Crippen LogP contribution is -2.30. The van der Waals surface area contributed by atoms with E-state index in [9.17, 15) is 10.1 Å². The number of halogens is 1. The maximum absolute atomic E-state index is 10.6. The van der Waals surface area contributed by atoms with Gasteiger partial charge in [-0.05, 0) is 34.3 Å². The van der Waals surface area contributed by atoms with Crippen molar-refractivity contribution in [3.8, 4) is 0 Å². The summed E-state index contributed by atoms with van der Waals surface area (Å²) in [6.45, 7) is 4.80. The molecule has 1 atom stereocenters. The van der Waals surface area contributed by atoms with Crippen molar-refractivity contribution in [2.75, 3.05) is 11.9 Å². The van der Waals surface area contributed by atoms with Crippen LogP contribution in [0.5, 0.6) is 0 Å². The number of hydrogen-bond acceptors (Lipinski definition) is 4. The van der Waals surface area contributed by atoms with Gasteiger partial charge < -0.3 is 11.1 Å². The molecule has 5 nitrogen and oxygen atoms in total. The third-order valence-electron chi connectivity index (χ3n) is 2.56. The highest BCUT2D eigenvalue weighted by atomic mass is 79.9. The van der Waals surface area contributed by atoms with E-state index in [0.717, 1.165) is 12.1 Å². The van der Waals surface area contributed by atoms with E-state index in [1.165, 1.54) is 12.1 Å². The molecule has 1 rings (SSSR count). The zero-order chi connectivity index (χ0) is 13.7. The molecule has 0 saturated carbocycles. The number of nitrogens with one attached hydrogen (secondary N) is 1. The lowest BCUT2D eigenvalue weighted by molar-refractivity contribution is -0.384. The molecule has 0 amide bonds. The molecular weight excluding hydrogens is 298 g/mol. The molecule has 18 heavy (non-hydrogen) atoms. The zero-order valence-electron chi connectivity index (χ0n) is 10.5. The number of anilines is 1. The molecule has 0 fully saturated rings. The number of rotatable bonds is 6. The van der Waals surface area contributed by atoms with Gasteiger partial charge in [-0.25, -0.2) is 0 Å². The third kappa shape index (κ3) is 4.27. The lowest BCUT2D eigenvalue weighted by atomic mass is 10.0. The van der Waals surface area contributed by atoms with Crippen molar-refractivity contribution in [1.29, 1.82) is 0 Å². The molecule has 0 radical (unpaired) electrons. The molecule has 0 heterocycles. The number of nitrogens with zero attached hydrogens (tertiary/aromatic N) is 1. The van der Waals surface area contributed by atoms with Crippen molar-refractivity contribution in [3.05, 3.63) is 32.8 Å². The van der Waals surface area contributed by atoms with E-state index in [-0.39, 0.29) is 11.7 Å². The first-order chi connectivity index (χ1) is 8.43. The van der Waals surface area contributed by atoms with Crippen LogP contribution in [0.15, 0.2) is 22.7 Å². The summed E-state index contributed by atoms with van der Waals surface area (Å²) in [5, 5.41) is 13.9. The number of nitrogens with two attached hydrogens (primary N) is 1. The Morgan fingerprint density at radius 2 is 2.17 bits per heavy atom. The van der Waals surface area contributed by atoms with E-state index in [1.54, 1.807) is 6.07 Å². The quantitative estimate of drug-likeness (QED) is 0.624. The average molecular weight is 316 g/mol. The van der Waals surface area contributed by atoms with Crippen molar-refractivity contribution in [2.24, 2.45) is 11.7 Å². The van der Waals surface area contributed by atoms with Crippen molar-refractivity contribution in [3.63, 3.8) is 0 Å². The molecule has 1 aromatic carbocycles. The summed E-state index contributed by atoms with van der Waals surface area (Å²) < 4.78 is 0.680. The Morgan fingerprint density at radius 1 is 1.50 bits per heavy atom. The monoisotopic (exact) mass is 315 g/mol. The van der Waals surface area contributed by atoms with Gasteiger partial charge in [0.1, 0.15) is 0 Å². The molecular formula is C12H18BrN3O2. The molecule has 6 heteroatoms. The van der Waals surface area contributed by atoms with E-state index >= 15 is 0 Å². The van der Waals surface area contributed by atoms with Crippen LogP contribution in [-0.2, 0) is 0 Å². The minimum atomic E-state index is -0.414. The summed E-state index contributed by atoms with van der Waals surface area (Å²) in [5.74, 6) is 0.544. The van der Waals surface area contributed by atoms with Gasteiger partial charge in [-0.1, -0.05) is 13.8 Å². The first-order valence-corrected chi connectivity index (χ1v) is 6.64. The average Bonchev–Trinajstić information content (AvgIpc) is 2.29. The highest BCUT2D eigenvalue weighted by Gasteiger charge is 2.13. The molecule has 0 aromatic heterocycles. The van der Waals surface area contributed by atoms with Crippen LogP contribution in [0.2, 0.25) is 0 Å². The van der Waals surface area contributed by atoms with Gasteiger partial charge in [0, 0.05) is 34.9 Å². The minimum Gasteiger partial charge on any atom is -0.380 e. The van der Waals surface area contributed by atoms with Gasteiger partial charge in [-0.2, -0.15) is 0 Å². The molecule has 0 saturated heterocycles. The van der Waals surface area contributed by atoms with E-state index in [4.69, 9.17) is 5.73 Å². The van der Waals surface area contributed by atoms with Gasteiger partial charge in [-0.15, -0.1) is 0 Å². The number of non-ortho nitro benzene ring substituents is 1. The molecule has 100 valence electrons. The first kappa shape index (κ1) is 14.9. The zero-order valence-corrected chi connectivity index (χ0v) is 12.1. The number of hydrogen-bond donors (Lipinski definition) is 2. The van der Waals surface area contributed by atoms with Gasteiger partial charge in [0.2, 0.25) is 0 Å². The van der Waals surface area contributed by atoms with Gasteiger partial charge in [-0.3, -0.25) is 10.1 Å². The standard InChI is InChI=1S/C12H18BrN3O2/c1-8(2)5-9(7-14)15-12-4-3-10(16(17)18)6-11(12)13/h3-4,6,8-9,15H,5,7,14H2,1-2H3. The second-order valence-electron chi connectivity index (χ2n) is 4.63. The molecule has 1 unspecified atom stereocenters. The van der Waals surface area contributed by atoms with E-state index < -0.39 is 4.92 Å². The van der Waals surface area contributed by atoms with Crippen LogP contribution in [0, 0.1) is 16.0 Å². The van der Waals surface area contributed by atoms with E-state index in [2.05, 4.69) is 35.1 Å². The third-order valence-corrected chi connectivity index (χ3v) is 3.22. The Labute approximate surface area is 115 Å². The normalized spacial score (nSPS) is 12.5. The SMILES string of the molecule is CC(C)CC(CN)Nc1ccc([N+](=O)[O-])cc1Br. The Morgan fingerprint density at radius 3 is 2.61 bits per heavy atom. The Bertz CT molecular complexity index is 424. The van der Waals surface area contributed by atoms with Crippen LogP contribution in [0.1, 0.15) is 20.3 Å². The molecule has 0 aliphatic rings. The first-order valence-electron chi connectivity index (χ1n) is 5.84. The van der Waals surface area contributed by atoms with Crippen molar-refractivity contribution >= 4 is 27.3 Å². The predicted molar refractivity (Wildman–Crippen MR) is 76.7 cm³/mol. The van der Waals surface area contributed by atoms with Gasteiger partial charge in [0.05, 0.1) is 4.92 Å². The van der Waals surface area contributed by atoms with Crippen LogP contribution in [0.4, 0.5) is 11.4 Å². The van der Waals surface area contributed by atoms with E-state index in [1.807, 2.05) is 0 Å². The molecule has 0 bridgehead atoms. The lowest BCUT2D eigenvalue weighted by Gasteiger charge is -2.20. The Kier molecular flexibility index (Phi) is 5.55. The van der Waals surface area contributed by atoms with Crippen LogP contribution < -0.4 is 11.1 Å². The second kappa shape index (κ2) is 6.70. The van der Waals surface area contributed by atoms with Gasteiger partial charge >= 0.3 is 0 Å². The molecule has 3 N–H and O–H groups in total. The van der Waals surface area contributed by atoms with Crippen molar-refractivity contribution in [1.82, 2.24) is 0 Å². The summed E-state index contributed by atoms with van der Waals surface area (Å²) in [7, 11) is 0.